The SMILES string of the molecule is CC1(C)C=C(c2ccccc2N2CCN(C(=O)OC(C)(C)C)CC2)CCC1. The maximum atomic E-state index is 12.3. The lowest BCUT2D eigenvalue weighted by Gasteiger charge is -2.38. The van der Waals surface area contributed by atoms with Crippen LogP contribution in [-0.2, 0) is 4.74 Å². The van der Waals surface area contributed by atoms with Crippen molar-refractivity contribution in [3.8, 4) is 0 Å². The number of rotatable bonds is 2. The second-order valence-corrected chi connectivity index (χ2v) is 9.48. The first-order chi connectivity index (χ1) is 12.6. The van der Waals surface area contributed by atoms with E-state index in [1.165, 1.54) is 29.7 Å². The van der Waals surface area contributed by atoms with E-state index in [1.807, 2.05) is 25.7 Å². The van der Waals surface area contributed by atoms with Crippen LogP contribution in [0.5, 0.6) is 0 Å². The van der Waals surface area contributed by atoms with Crippen LogP contribution in [0.2, 0.25) is 0 Å². The highest BCUT2D eigenvalue weighted by molar-refractivity contribution is 5.78. The maximum absolute atomic E-state index is 12.3. The molecule has 0 saturated carbocycles. The van der Waals surface area contributed by atoms with Crippen LogP contribution in [0.25, 0.3) is 5.57 Å². The molecular weight excluding hydrogens is 336 g/mol. The van der Waals surface area contributed by atoms with Crippen molar-refractivity contribution in [1.82, 2.24) is 4.90 Å². The van der Waals surface area contributed by atoms with Crippen molar-refractivity contribution < 1.29 is 9.53 Å². The molecule has 0 spiro atoms. The zero-order valence-electron chi connectivity index (χ0n) is 17.5. The van der Waals surface area contributed by atoms with E-state index in [0.29, 0.717) is 13.1 Å². The lowest BCUT2D eigenvalue weighted by Crippen LogP contribution is -2.50. The van der Waals surface area contributed by atoms with E-state index >= 15 is 0 Å². The maximum Gasteiger partial charge on any atom is 0.410 e. The van der Waals surface area contributed by atoms with Crippen molar-refractivity contribution >= 4 is 17.4 Å². The fraction of sp³-hybridized carbons (Fsp3) is 0.609. The standard InChI is InChI=1S/C23H34N2O2/c1-22(2,3)27-21(26)25-15-13-24(14-16-25)20-11-7-6-10-19(20)18-9-8-12-23(4,5)17-18/h6-7,10-11,17H,8-9,12-16H2,1-5H3. The summed E-state index contributed by atoms with van der Waals surface area (Å²) in [5.41, 5.74) is 3.95. The zero-order chi connectivity index (χ0) is 19.7. The topological polar surface area (TPSA) is 32.8 Å². The molecule has 0 radical (unpaired) electrons. The van der Waals surface area contributed by atoms with Gasteiger partial charge < -0.3 is 14.5 Å². The normalized spacial score (nSPS) is 20.3. The van der Waals surface area contributed by atoms with Crippen molar-refractivity contribution in [3.05, 3.63) is 35.9 Å². The molecule has 1 aliphatic carbocycles. The van der Waals surface area contributed by atoms with Crippen molar-refractivity contribution in [3.63, 3.8) is 0 Å². The van der Waals surface area contributed by atoms with Gasteiger partial charge >= 0.3 is 6.09 Å². The molecule has 1 fully saturated rings. The number of anilines is 1. The van der Waals surface area contributed by atoms with Gasteiger partial charge in [0, 0.05) is 37.4 Å². The second kappa shape index (κ2) is 7.57. The minimum atomic E-state index is -0.443. The molecule has 4 heteroatoms. The largest absolute Gasteiger partial charge is 0.444 e. The first-order valence-electron chi connectivity index (χ1n) is 10.2. The molecule has 27 heavy (non-hydrogen) atoms. The number of ether oxygens (including phenoxy) is 1. The van der Waals surface area contributed by atoms with Crippen molar-refractivity contribution in [2.45, 2.75) is 59.5 Å². The van der Waals surface area contributed by atoms with Crippen LogP contribution in [-0.4, -0.2) is 42.8 Å². The molecule has 1 aromatic rings. The lowest BCUT2D eigenvalue weighted by atomic mass is 9.78. The number of hydrogen-bond acceptors (Lipinski definition) is 3. The summed E-state index contributed by atoms with van der Waals surface area (Å²) in [4.78, 5) is 16.6. The van der Waals surface area contributed by atoms with E-state index in [9.17, 15) is 4.79 Å². The van der Waals surface area contributed by atoms with Gasteiger partial charge in [-0.2, -0.15) is 0 Å². The molecule has 1 saturated heterocycles. The fourth-order valence-corrected chi connectivity index (χ4v) is 4.04. The molecule has 1 aromatic carbocycles. The van der Waals surface area contributed by atoms with Crippen molar-refractivity contribution in [1.29, 1.82) is 0 Å². The van der Waals surface area contributed by atoms with E-state index in [2.05, 4.69) is 49.1 Å². The minimum Gasteiger partial charge on any atom is -0.444 e. The highest BCUT2D eigenvalue weighted by Crippen LogP contribution is 2.40. The number of nitrogens with zero attached hydrogens (tertiary/aromatic N) is 2. The Morgan fingerprint density at radius 3 is 2.37 bits per heavy atom. The summed E-state index contributed by atoms with van der Waals surface area (Å²) in [5.74, 6) is 0. The Morgan fingerprint density at radius 1 is 1.07 bits per heavy atom. The highest BCUT2D eigenvalue weighted by atomic mass is 16.6. The number of carbonyl (C=O) groups excluding carboxylic acids is 1. The van der Waals surface area contributed by atoms with Crippen LogP contribution in [0.4, 0.5) is 10.5 Å². The van der Waals surface area contributed by atoms with Gasteiger partial charge in [-0.3, -0.25) is 0 Å². The molecule has 0 unspecified atom stereocenters. The Bertz CT molecular complexity index is 707. The molecule has 1 amide bonds. The Hall–Kier alpha value is -1.97. The van der Waals surface area contributed by atoms with E-state index in [0.717, 1.165) is 19.5 Å². The van der Waals surface area contributed by atoms with E-state index < -0.39 is 5.60 Å². The van der Waals surface area contributed by atoms with Gasteiger partial charge in [0.2, 0.25) is 0 Å². The Kier molecular flexibility index (Phi) is 5.55. The summed E-state index contributed by atoms with van der Waals surface area (Å²) in [7, 11) is 0. The summed E-state index contributed by atoms with van der Waals surface area (Å²) in [5, 5.41) is 0. The van der Waals surface area contributed by atoms with Gasteiger partial charge in [0.1, 0.15) is 5.60 Å². The highest BCUT2D eigenvalue weighted by Gasteiger charge is 2.28. The summed E-state index contributed by atoms with van der Waals surface area (Å²) >= 11 is 0. The van der Waals surface area contributed by atoms with Crippen LogP contribution in [0.1, 0.15) is 59.4 Å². The lowest BCUT2D eigenvalue weighted by molar-refractivity contribution is 0.0240. The summed E-state index contributed by atoms with van der Waals surface area (Å²) in [6.45, 7) is 13.5. The number of para-hydroxylation sites is 1. The number of hydrogen-bond donors (Lipinski definition) is 0. The van der Waals surface area contributed by atoms with Crippen LogP contribution >= 0.6 is 0 Å². The molecule has 1 aliphatic heterocycles. The van der Waals surface area contributed by atoms with Gasteiger partial charge in [0.25, 0.3) is 0 Å². The minimum absolute atomic E-state index is 0.202. The molecule has 4 nitrogen and oxygen atoms in total. The zero-order valence-corrected chi connectivity index (χ0v) is 17.5. The molecule has 2 aliphatic rings. The summed E-state index contributed by atoms with van der Waals surface area (Å²) < 4.78 is 5.52. The van der Waals surface area contributed by atoms with Crippen molar-refractivity contribution in [2.24, 2.45) is 5.41 Å². The molecule has 0 N–H and O–H groups in total. The Labute approximate surface area is 164 Å². The third-order valence-corrected chi connectivity index (χ3v) is 5.35. The van der Waals surface area contributed by atoms with Crippen LogP contribution in [0.3, 0.4) is 0 Å². The fourth-order valence-electron chi connectivity index (χ4n) is 4.04. The average molecular weight is 371 g/mol. The molecule has 1 heterocycles. The van der Waals surface area contributed by atoms with Crippen LogP contribution in [0.15, 0.2) is 30.3 Å². The molecule has 0 atom stereocenters. The predicted octanol–water partition coefficient (Wildman–Crippen LogP) is 5.34. The van der Waals surface area contributed by atoms with Gasteiger partial charge in [0.15, 0.2) is 0 Å². The second-order valence-electron chi connectivity index (χ2n) is 9.48. The Balaban J connectivity index is 1.72. The average Bonchev–Trinajstić information content (AvgIpc) is 2.59. The van der Waals surface area contributed by atoms with Crippen molar-refractivity contribution in [2.75, 3.05) is 31.1 Å². The summed E-state index contributed by atoms with van der Waals surface area (Å²) in [6.07, 6.45) is 5.92. The number of piperazine rings is 1. The Morgan fingerprint density at radius 2 is 1.74 bits per heavy atom. The van der Waals surface area contributed by atoms with Gasteiger partial charge in [-0.15, -0.1) is 0 Å². The summed E-state index contributed by atoms with van der Waals surface area (Å²) in [6, 6.07) is 8.73. The number of amides is 1. The van der Waals surface area contributed by atoms with Gasteiger partial charge in [-0.05, 0) is 57.1 Å². The first-order valence-corrected chi connectivity index (χ1v) is 10.2. The van der Waals surface area contributed by atoms with E-state index in [1.54, 1.807) is 0 Å². The predicted molar refractivity (Wildman–Crippen MR) is 112 cm³/mol. The van der Waals surface area contributed by atoms with Gasteiger partial charge in [-0.25, -0.2) is 4.79 Å². The van der Waals surface area contributed by atoms with Crippen LogP contribution in [0, 0.1) is 5.41 Å². The third kappa shape index (κ3) is 5.06. The van der Waals surface area contributed by atoms with Gasteiger partial charge in [0.05, 0.1) is 0 Å². The quantitative estimate of drug-likeness (QED) is 0.705. The third-order valence-electron chi connectivity index (χ3n) is 5.35. The van der Waals surface area contributed by atoms with E-state index in [4.69, 9.17) is 4.74 Å². The molecular formula is C23H34N2O2. The van der Waals surface area contributed by atoms with E-state index in [-0.39, 0.29) is 11.5 Å². The molecule has 3 rings (SSSR count). The van der Waals surface area contributed by atoms with Gasteiger partial charge in [-0.1, -0.05) is 38.1 Å². The monoisotopic (exact) mass is 370 g/mol. The molecule has 0 bridgehead atoms. The molecule has 148 valence electrons. The van der Waals surface area contributed by atoms with Crippen LogP contribution < -0.4 is 4.90 Å². The first kappa shape index (κ1) is 19.8. The number of allylic oxidation sites excluding steroid dienone is 2. The smallest absolute Gasteiger partial charge is 0.410 e. The number of benzene rings is 1. The number of carbonyl (C=O) groups is 1. The molecule has 0 aromatic heterocycles.